The average molecular weight is 252 g/mol. The summed E-state index contributed by atoms with van der Waals surface area (Å²) in [6, 6.07) is 6.15. The second-order valence-electron chi connectivity index (χ2n) is 3.88. The lowest BCUT2D eigenvalue weighted by Gasteiger charge is -2.19. The molecule has 0 atom stereocenters. The summed E-state index contributed by atoms with van der Waals surface area (Å²) in [5, 5.41) is 0. The van der Waals surface area contributed by atoms with E-state index in [4.69, 9.17) is 9.47 Å². The Labute approximate surface area is 105 Å². The average Bonchev–Trinajstić information content (AvgIpc) is 2.34. The van der Waals surface area contributed by atoms with E-state index >= 15 is 0 Å². The largest absolute Gasteiger partial charge is 0.492 e. The summed E-state index contributed by atoms with van der Waals surface area (Å²) in [6.45, 7) is 2.72. The van der Waals surface area contributed by atoms with E-state index in [-0.39, 0.29) is 5.97 Å². The monoisotopic (exact) mass is 252 g/mol. The highest BCUT2D eigenvalue weighted by Gasteiger charge is 2.14. The summed E-state index contributed by atoms with van der Waals surface area (Å²) < 4.78 is 10.5. The summed E-state index contributed by atoms with van der Waals surface area (Å²) in [5.74, 6) is 1.79. The molecule has 92 valence electrons. The lowest BCUT2D eigenvalue weighted by Crippen LogP contribution is -2.08. The fourth-order valence-electron chi connectivity index (χ4n) is 1.81. The molecule has 3 nitrogen and oxygen atoms in total. The molecule has 0 unspecified atom stereocenters. The number of esters is 1. The van der Waals surface area contributed by atoms with Gasteiger partial charge < -0.3 is 9.47 Å². The van der Waals surface area contributed by atoms with Gasteiger partial charge in [-0.2, -0.15) is 0 Å². The van der Waals surface area contributed by atoms with E-state index in [1.807, 2.05) is 23.9 Å². The number of carbonyl (C=O) groups is 1. The van der Waals surface area contributed by atoms with Crippen molar-refractivity contribution in [2.75, 3.05) is 19.0 Å². The van der Waals surface area contributed by atoms with Gasteiger partial charge in [-0.3, -0.25) is 4.79 Å². The number of carbonyl (C=O) groups excluding carboxylic acids is 1. The third-order valence-electron chi connectivity index (χ3n) is 2.54. The molecule has 0 fully saturated rings. The summed E-state index contributed by atoms with van der Waals surface area (Å²) >= 11 is 1.85. The molecule has 0 spiro atoms. The number of thioether (sulfide) groups is 1. The second-order valence-corrected chi connectivity index (χ2v) is 4.99. The summed E-state index contributed by atoms with van der Waals surface area (Å²) in [6.07, 6.45) is 1.78. The van der Waals surface area contributed by atoms with E-state index in [1.54, 1.807) is 0 Å². The molecule has 4 heteroatoms. The molecular weight excluding hydrogens is 236 g/mol. The molecule has 0 saturated carbocycles. The fourth-order valence-corrected chi connectivity index (χ4v) is 2.81. The number of benzene rings is 1. The predicted octanol–water partition coefficient (Wildman–Crippen LogP) is 2.67. The van der Waals surface area contributed by atoms with Crippen molar-refractivity contribution in [1.82, 2.24) is 0 Å². The summed E-state index contributed by atoms with van der Waals surface area (Å²) in [5.41, 5.74) is 1.29. The quantitative estimate of drug-likeness (QED) is 0.609. The molecule has 1 aliphatic heterocycles. The molecule has 2 rings (SSSR count). The highest BCUT2D eigenvalue weighted by Crippen LogP contribution is 2.36. The van der Waals surface area contributed by atoms with Crippen molar-refractivity contribution in [2.24, 2.45) is 0 Å². The SMILES string of the molecule is CC(=O)OCCCc1cccc2c1SCCO2. The van der Waals surface area contributed by atoms with Crippen LogP contribution in [-0.4, -0.2) is 24.9 Å². The molecule has 0 aliphatic carbocycles. The van der Waals surface area contributed by atoms with Crippen molar-refractivity contribution in [3.05, 3.63) is 23.8 Å². The Hall–Kier alpha value is -1.16. The maximum Gasteiger partial charge on any atom is 0.302 e. The van der Waals surface area contributed by atoms with Gasteiger partial charge in [0.25, 0.3) is 0 Å². The van der Waals surface area contributed by atoms with Gasteiger partial charge in [-0.25, -0.2) is 0 Å². The van der Waals surface area contributed by atoms with Gasteiger partial charge in [0.2, 0.25) is 0 Å². The predicted molar refractivity (Wildman–Crippen MR) is 67.6 cm³/mol. The zero-order valence-electron chi connectivity index (χ0n) is 9.90. The highest BCUT2D eigenvalue weighted by atomic mass is 32.2. The first kappa shape index (κ1) is 12.3. The van der Waals surface area contributed by atoms with Gasteiger partial charge in [0.1, 0.15) is 5.75 Å². The minimum Gasteiger partial charge on any atom is -0.492 e. The third kappa shape index (κ3) is 3.40. The lowest BCUT2D eigenvalue weighted by molar-refractivity contribution is -0.141. The van der Waals surface area contributed by atoms with Crippen LogP contribution in [0.4, 0.5) is 0 Å². The first-order chi connectivity index (χ1) is 8.27. The van der Waals surface area contributed by atoms with Gasteiger partial charge >= 0.3 is 5.97 Å². The minimum absolute atomic E-state index is 0.210. The van der Waals surface area contributed by atoms with E-state index in [0.29, 0.717) is 6.61 Å². The number of ether oxygens (including phenoxy) is 2. The molecule has 1 aliphatic rings. The van der Waals surface area contributed by atoms with Gasteiger partial charge in [0, 0.05) is 12.7 Å². The topological polar surface area (TPSA) is 35.5 Å². The molecule has 0 N–H and O–H groups in total. The van der Waals surface area contributed by atoms with Gasteiger partial charge in [-0.05, 0) is 24.5 Å². The number of aryl methyl sites for hydroxylation is 1. The van der Waals surface area contributed by atoms with Gasteiger partial charge in [0.05, 0.1) is 18.1 Å². The first-order valence-corrected chi connectivity index (χ1v) is 6.77. The zero-order chi connectivity index (χ0) is 12.1. The van der Waals surface area contributed by atoms with Crippen LogP contribution in [-0.2, 0) is 16.0 Å². The number of fused-ring (bicyclic) bond motifs is 1. The van der Waals surface area contributed by atoms with Crippen molar-refractivity contribution in [1.29, 1.82) is 0 Å². The van der Waals surface area contributed by atoms with Crippen molar-refractivity contribution in [3.8, 4) is 5.75 Å². The summed E-state index contributed by atoms with van der Waals surface area (Å²) in [7, 11) is 0. The number of hydrogen-bond donors (Lipinski definition) is 0. The van der Waals surface area contributed by atoms with Crippen molar-refractivity contribution in [2.45, 2.75) is 24.7 Å². The van der Waals surface area contributed by atoms with Crippen LogP contribution < -0.4 is 4.74 Å². The van der Waals surface area contributed by atoms with Crippen molar-refractivity contribution in [3.63, 3.8) is 0 Å². The van der Waals surface area contributed by atoms with E-state index in [0.717, 1.165) is 31.0 Å². The third-order valence-corrected chi connectivity index (χ3v) is 3.67. The van der Waals surface area contributed by atoms with E-state index in [9.17, 15) is 4.79 Å². The van der Waals surface area contributed by atoms with Crippen LogP contribution in [0.1, 0.15) is 18.9 Å². The molecule has 0 aromatic heterocycles. The molecule has 0 radical (unpaired) electrons. The lowest BCUT2D eigenvalue weighted by atomic mass is 10.1. The highest BCUT2D eigenvalue weighted by molar-refractivity contribution is 7.99. The van der Waals surface area contributed by atoms with Gasteiger partial charge in [-0.1, -0.05) is 12.1 Å². The minimum atomic E-state index is -0.210. The van der Waals surface area contributed by atoms with E-state index in [1.165, 1.54) is 17.4 Å². The Bertz CT molecular complexity index is 404. The Morgan fingerprint density at radius 2 is 2.41 bits per heavy atom. The Morgan fingerprint density at radius 3 is 3.24 bits per heavy atom. The Balaban J connectivity index is 1.94. The zero-order valence-corrected chi connectivity index (χ0v) is 10.7. The van der Waals surface area contributed by atoms with Crippen molar-refractivity contribution >= 4 is 17.7 Å². The molecule has 0 saturated heterocycles. The molecule has 17 heavy (non-hydrogen) atoms. The second kappa shape index (κ2) is 5.96. The molecule has 0 amide bonds. The Morgan fingerprint density at radius 1 is 1.53 bits per heavy atom. The fraction of sp³-hybridized carbons (Fsp3) is 0.462. The van der Waals surface area contributed by atoms with Crippen molar-refractivity contribution < 1.29 is 14.3 Å². The van der Waals surface area contributed by atoms with Crippen LogP contribution in [0.5, 0.6) is 5.75 Å². The molecule has 1 aromatic rings. The Kier molecular flexibility index (Phi) is 4.31. The maximum absolute atomic E-state index is 10.6. The first-order valence-electron chi connectivity index (χ1n) is 5.78. The van der Waals surface area contributed by atoms with Crippen LogP contribution >= 0.6 is 11.8 Å². The smallest absolute Gasteiger partial charge is 0.302 e. The normalized spacial score (nSPS) is 13.7. The van der Waals surface area contributed by atoms with E-state index in [2.05, 4.69) is 6.07 Å². The summed E-state index contributed by atoms with van der Waals surface area (Å²) in [4.78, 5) is 11.9. The van der Waals surface area contributed by atoms with Gasteiger partial charge in [-0.15, -0.1) is 11.8 Å². The number of hydrogen-bond acceptors (Lipinski definition) is 4. The van der Waals surface area contributed by atoms with E-state index < -0.39 is 0 Å². The van der Waals surface area contributed by atoms with Crippen LogP contribution in [0.25, 0.3) is 0 Å². The molecule has 0 bridgehead atoms. The molecule has 1 aromatic carbocycles. The van der Waals surface area contributed by atoms with Crippen LogP contribution in [0, 0.1) is 0 Å². The maximum atomic E-state index is 10.6. The number of rotatable bonds is 4. The van der Waals surface area contributed by atoms with Crippen LogP contribution in [0.3, 0.4) is 0 Å². The van der Waals surface area contributed by atoms with Gasteiger partial charge in [0.15, 0.2) is 0 Å². The standard InChI is InChI=1S/C13H16O3S/c1-10(14)15-7-3-5-11-4-2-6-12-13(11)17-9-8-16-12/h2,4,6H,3,5,7-9H2,1H3. The molecular formula is C13H16O3S. The van der Waals surface area contributed by atoms with Crippen LogP contribution in [0.2, 0.25) is 0 Å². The van der Waals surface area contributed by atoms with Crippen LogP contribution in [0.15, 0.2) is 23.1 Å². The molecule has 1 heterocycles.